The summed E-state index contributed by atoms with van der Waals surface area (Å²) in [5.74, 6) is -5.72. The van der Waals surface area contributed by atoms with Crippen LogP contribution in [0.25, 0.3) is 16.9 Å². The molecule has 1 amide bonds. The molecule has 1 aromatic carbocycles. The van der Waals surface area contributed by atoms with Gasteiger partial charge in [-0.3, -0.25) is 19.3 Å². The Morgan fingerprint density at radius 2 is 1.88 bits per heavy atom. The van der Waals surface area contributed by atoms with Gasteiger partial charge in [-0.05, 0) is 96.8 Å². The number of benzene rings is 1. The molecule has 10 heteroatoms. The number of ketones is 2. The minimum atomic E-state index is -2.64. The first-order valence-electron chi connectivity index (χ1n) is 14.5. The van der Waals surface area contributed by atoms with Crippen molar-refractivity contribution in [2.75, 3.05) is 14.1 Å². The SMILES string of the molecule is CN(C)C1C(=O)C(C(N)=O)=C(O)C2(O)C(=O)C3=C(O)c4c(O)c(CCC5CCCC5)cc(-c5ccsc5)c4CC3CC12. The van der Waals surface area contributed by atoms with Gasteiger partial charge in [0.15, 0.2) is 11.4 Å². The number of likely N-dealkylation sites (N-methyl/N-ethyl adjacent to an activating group) is 1. The minimum absolute atomic E-state index is 0.0685. The first-order valence-corrected chi connectivity index (χ1v) is 15.5. The van der Waals surface area contributed by atoms with Crippen LogP contribution in [0.3, 0.4) is 0 Å². The lowest BCUT2D eigenvalue weighted by atomic mass is 9.57. The molecule has 4 aliphatic rings. The van der Waals surface area contributed by atoms with Gasteiger partial charge in [0.25, 0.3) is 5.91 Å². The number of rotatable bonds is 6. The molecule has 1 aromatic heterocycles. The van der Waals surface area contributed by atoms with Crippen molar-refractivity contribution < 1.29 is 34.8 Å². The van der Waals surface area contributed by atoms with Gasteiger partial charge in [0.2, 0.25) is 5.78 Å². The Bertz CT molecular complexity index is 1550. The quantitative estimate of drug-likeness (QED) is 0.316. The Morgan fingerprint density at radius 3 is 2.50 bits per heavy atom. The number of Topliss-reactive ketones (excluding diaryl/α,β-unsaturated/α-hetero) is 2. The lowest BCUT2D eigenvalue weighted by molar-refractivity contribution is -0.153. The predicted molar refractivity (Wildman–Crippen MR) is 158 cm³/mol. The van der Waals surface area contributed by atoms with Gasteiger partial charge >= 0.3 is 0 Å². The van der Waals surface area contributed by atoms with Crippen LogP contribution in [0.2, 0.25) is 0 Å². The lowest BCUT2D eigenvalue weighted by Gasteiger charge is -2.50. The maximum atomic E-state index is 14.2. The lowest BCUT2D eigenvalue weighted by Crippen LogP contribution is -2.65. The molecule has 0 aliphatic heterocycles. The number of aliphatic hydroxyl groups excluding tert-OH is 2. The first kappa shape index (κ1) is 28.6. The number of carbonyl (C=O) groups excluding carboxylic acids is 3. The molecular formula is C32H36N2O7S. The van der Waals surface area contributed by atoms with Crippen molar-refractivity contribution in [2.45, 2.75) is 63.0 Å². The number of amides is 1. The molecule has 1 heterocycles. The van der Waals surface area contributed by atoms with E-state index in [2.05, 4.69) is 0 Å². The molecule has 4 aliphatic carbocycles. The first-order chi connectivity index (χ1) is 20.0. The summed E-state index contributed by atoms with van der Waals surface area (Å²) in [5, 5.41) is 50.2. The van der Waals surface area contributed by atoms with Crippen LogP contribution in [0.4, 0.5) is 0 Å². The number of aryl methyl sites for hydroxylation is 1. The van der Waals surface area contributed by atoms with Gasteiger partial charge < -0.3 is 26.2 Å². The van der Waals surface area contributed by atoms with Gasteiger partial charge in [-0.1, -0.05) is 25.7 Å². The molecule has 2 fully saturated rings. The highest BCUT2D eigenvalue weighted by molar-refractivity contribution is 7.08. The third-order valence-corrected chi connectivity index (χ3v) is 10.6. The zero-order chi connectivity index (χ0) is 30.1. The van der Waals surface area contributed by atoms with Crippen molar-refractivity contribution in [3.8, 4) is 16.9 Å². The molecule has 0 spiro atoms. The van der Waals surface area contributed by atoms with E-state index in [9.17, 15) is 34.8 Å². The number of phenols is 1. The topological polar surface area (TPSA) is 161 Å². The molecule has 6 N–H and O–H groups in total. The van der Waals surface area contributed by atoms with Gasteiger partial charge in [0.1, 0.15) is 22.8 Å². The molecule has 222 valence electrons. The standard InChI is InChI=1S/C32H36N2O7S/c1-34(2)25-21-13-18-12-20-19(17-9-10-42-14-17)11-16(8-7-15-5-3-4-6-15)26(35)23(20)27(36)22(18)29(38)32(21,41)30(39)24(28(25)37)31(33)40/h9-11,14-15,18,21,25,35-36,39,41H,3-8,12-13H2,1-2H3,(H2,33,40). The largest absolute Gasteiger partial charge is 0.508 e. The molecule has 4 atom stereocenters. The molecule has 2 saturated carbocycles. The average Bonchev–Trinajstić information content (AvgIpc) is 3.65. The van der Waals surface area contributed by atoms with Crippen molar-refractivity contribution in [3.05, 3.63) is 56.5 Å². The third-order valence-electron chi connectivity index (χ3n) is 9.93. The van der Waals surface area contributed by atoms with E-state index < -0.39 is 58.0 Å². The van der Waals surface area contributed by atoms with Gasteiger partial charge in [-0.15, -0.1) is 0 Å². The Morgan fingerprint density at radius 1 is 1.17 bits per heavy atom. The van der Waals surface area contributed by atoms with E-state index in [1.807, 2.05) is 22.9 Å². The Balaban J connectivity index is 1.52. The van der Waals surface area contributed by atoms with Crippen LogP contribution >= 0.6 is 11.3 Å². The second kappa shape index (κ2) is 10.4. The van der Waals surface area contributed by atoms with Crippen LogP contribution in [0.15, 0.2) is 39.8 Å². The number of primary amides is 1. The van der Waals surface area contributed by atoms with Crippen molar-refractivity contribution in [1.82, 2.24) is 4.90 Å². The average molecular weight is 593 g/mol. The molecule has 0 bridgehead atoms. The van der Waals surface area contributed by atoms with E-state index >= 15 is 0 Å². The van der Waals surface area contributed by atoms with Gasteiger partial charge in [0.05, 0.1) is 11.6 Å². The molecule has 9 nitrogen and oxygen atoms in total. The summed E-state index contributed by atoms with van der Waals surface area (Å²) in [6.07, 6.45) is 6.61. The maximum Gasteiger partial charge on any atom is 0.255 e. The number of nitrogens with two attached hydrogens (primary N) is 1. The summed E-state index contributed by atoms with van der Waals surface area (Å²) >= 11 is 1.54. The molecule has 2 aromatic rings. The molecule has 6 rings (SSSR count). The zero-order valence-electron chi connectivity index (χ0n) is 23.7. The summed E-state index contributed by atoms with van der Waals surface area (Å²) in [5.41, 5.74) is 5.19. The number of thiophene rings is 1. The number of aliphatic hydroxyl groups is 3. The monoisotopic (exact) mass is 592 g/mol. The third kappa shape index (κ3) is 4.14. The highest BCUT2D eigenvalue weighted by atomic mass is 32.1. The molecule has 4 unspecified atom stereocenters. The molecule has 42 heavy (non-hydrogen) atoms. The van der Waals surface area contributed by atoms with Crippen LogP contribution in [-0.2, 0) is 27.2 Å². The van der Waals surface area contributed by atoms with Gasteiger partial charge in [-0.25, -0.2) is 0 Å². The van der Waals surface area contributed by atoms with E-state index in [1.165, 1.54) is 29.1 Å². The molecular weight excluding hydrogens is 556 g/mol. The summed E-state index contributed by atoms with van der Waals surface area (Å²) < 4.78 is 0. The van der Waals surface area contributed by atoms with Crippen LogP contribution in [0, 0.1) is 17.8 Å². The number of carbonyl (C=O) groups is 3. The molecule has 0 saturated heterocycles. The number of nitrogens with zero attached hydrogens (tertiary/aromatic N) is 1. The van der Waals surface area contributed by atoms with Crippen LogP contribution in [-0.4, -0.2) is 68.5 Å². The summed E-state index contributed by atoms with van der Waals surface area (Å²) in [7, 11) is 3.18. The Kier molecular flexibility index (Phi) is 7.06. The van der Waals surface area contributed by atoms with Crippen LogP contribution < -0.4 is 5.73 Å². The fraction of sp³-hybridized carbons (Fsp3) is 0.469. The molecule has 0 radical (unpaired) electrons. The van der Waals surface area contributed by atoms with E-state index in [4.69, 9.17) is 5.73 Å². The van der Waals surface area contributed by atoms with Crippen LogP contribution in [0.5, 0.6) is 5.75 Å². The minimum Gasteiger partial charge on any atom is -0.508 e. The zero-order valence-corrected chi connectivity index (χ0v) is 24.5. The number of hydrogen-bond donors (Lipinski definition) is 5. The van der Waals surface area contributed by atoms with Gasteiger partial charge in [-0.2, -0.15) is 11.3 Å². The second-order valence-electron chi connectivity index (χ2n) is 12.4. The summed E-state index contributed by atoms with van der Waals surface area (Å²) in [4.78, 5) is 41.2. The van der Waals surface area contributed by atoms with Crippen molar-refractivity contribution in [3.63, 3.8) is 0 Å². The fourth-order valence-electron chi connectivity index (χ4n) is 7.89. The van der Waals surface area contributed by atoms with E-state index in [0.29, 0.717) is 23.5 Å². The highest BCUT2D eigenvalue weighted by Gasteiger charge is 2.64. The van der Waals surface area contributed by atoms with Gasteiger partial charge in [0, 0.05) is 11.5 Å². The number of phenolic OH excluding ortho intramolecular Hbond substituents is 1. The highest BCUT2D eigenvalue weighted by Crippen LogP contribution is 2.54. The van der Waals surface area contributed by atoms with Crippen molar-refractivity contribution in [2.24, 2.45) is 23.5 Å². The number of fused-ring (bicyclic) bond motifs is 3. The maximum absolute atomic E-state index is 14.2. The normalized spacial score (nSPS) is 27.9. The number of aromatic hydroxyl groups is 1. The van der Waals surface area contributed by atoms with Crippen molar-refractivity contribution in [1.29, 1.82) is 0 Å². The van der Waals surface area contributed by atoms with Crippen molar-refractivity contribution >= 4 is 34.6 Å². The van der Waals surface area contributed by atoms with E-state index in [0.717, 1.165) is 30.4 Å². The second-order valence-corrected chi connectivity index (χ2v) is 13.2. The summed E-state index contributed by atoms with van der Waals surface area (Å²) in [6.45, 7) is 0. The Hall–Kier alpha value is -3.47. The predicted octanol–water partition coefficient (Wildman–Crippen LogP) is 3.82. The fourth-order valence-corrected chi connectivity index (χ4v) is 8.55. The van der Waals surface area contributed by atoms with E-state index in [1.54, 1.807) is 14.1 Å². The van der Waals surface area contributed by atoms with Crippen LogP contribution in [0.1, 0.15) is 55.2 Å². The van der Waals surface area contributed by atoms with E-state index in [-0.39, 0.29) is 29.7 Å². The smallest absolute Gasteiger partial charge is 0.255 e. The Labute approximate surface area is 248 Å². The number of hydrogen-bond acceptors (Lipinski definition) is 9. The summed E-state index contributed by atoms with van der Waals surface area (Å²) in [6, 6.07) is 2.87.